The summed E-state index contributed by atoms with van der Waals surface area (Å²) in [5.74, 6) is 1.36. The highest BCUT2D eigenvalue weighted by Gasteiger charge is 2.12. The topological polar surface area (TPSA) is 63.8 Å². The summed E-state index contributed by atoms with van der Waals surface area (Å²) >= 11 is 1.74. The van der Waals surface area contributed by atoms with Gasteiger partial charge < -0.3 is 9.84 Å². The van der Waals surface area contributed by atoms with E-state index in [2.05, 4.69) is 34.3 Å². The predicted molar refractivity (Wildman–Crippen MR) is 70.7 cm³/mol. The van der Waals surface area contributed by atoms with Crippen LogP contribution in [0.15, 0.2) is 4.52 Å². The molecule has 0 aliphatic heterocycles. The van der Waals surface area contributed by atoms with Crippen molar-refractivity contribution in [2.24, 2.45) is 0 Å². The fourth-order valence-electron chi connectivity index (χ4n) is 1.89. The lowest BCUT2D eigenvalue weighted by Gasteiger charge is -2.11. The summed E-state index contributed by atoms with van der Waals surface area (Å²) in [7, 11) is 0. The molecule has 1 unspecified atom stereocenters. The lowest BCUT2D eigenvalue weighted by molar-refractivity contribution is 0.386. The van der Waals surface area contributed by atoms with Gasteiger partial charge in [0.2, 0.25) is 5.89 Å². The number of hydrogen-bond donors (Lipinski definition) is 1. The summed E-state index contributed by atoms with van der Waals surface area (Å²) in [4.78, 5) is 10.00. The number of nitrogens with one attached hydrogen (secondary N) is 1. The Hall–Kier alpha value is -1.27. The van der Waals surface area contributed by atoms with E-state index in [1.54, 1.807) is 18.3 Å². The first kappa shape index (κ1) is 13.2. The van der Waals surface area contributed by atoms with Crippen LogP contribution >= 0.6 is 11.3 Å². The molecule has 0 bridgehead atoms. The molecule has 0 saturated carbocycles. The third-order valence-electron chi connectivity index (χ3n) is 2.72. The molecule has 0 amide bonds. The third kappa shape index (κ3) is 3.14. The Morgan fingerprint density at radius 2 is 2.06 bits per heavy atom. The van der Waals surface area contributed by atoms with Crippen LogP contribution in [0.4, 0.5) is 0 Å². The van der Waals surface area contributed by atoms with Crippen molar-refractivity contribution in [2.75, 3.05) is 6.54 Å². The molecule has 0 aromatic carbocycles. The molecule has 0 radical (unpaired) electrons. The molecule has 6 heteroatoms. The zero-order chi connectivity index (χ0) is 13.1. The van der Waals surface area contributed by atoms with Crippen molar-refractivity contribution in [2.45, 2.75) is 40.2 Å². The largest absolute Gasteiger partial charge is 0.340 e. The van der Waals surface area contributed by atoms with Gasteiger partial charge in [-0.25, -0.2) is 4.98 Å². The van der Waals surface area contributed by atoms with E-state index in [0.717, 1.165) is 29.5 Å². The van der Waals surface area contributed by atoms with Crippen LogP contribution in [0.25, 0.3) is 0 Å². The van der Waals surface area contributed by atoms with E-state index in [9.17, 15) is 0 Å². The maximum atomic E-state index is 4.93. The zero-order valence-electron chi connectivity index (χ0n) is 11.1. The van der Waals surface area contributed by atoms with Crippen molar-refractivity contribution in [1.82, 2.24) is 20.4 Å². The highest BCUT2D eigenvalue weighted by molar-refractivity contribution is 7.11. The number of hydrogen-bond acceptors (Lipinski definition) is 6. The molecular formula is C12H18N4OS. The molecule has 5 nitrogen and oxygen atoms in total. The van der Waals surface area contributed by atoms with Gasteiger partial charge in [0, 0.05) is 30.8 Å². The molecule has 0 aliphatic carbocycles. The summed E-state index contributed by atoms with van der Waals surface area (Å²) < 4.78 is 4.93. The predicted octanol–water partition coefficient (Wildman–Crippen LogP) is 2.34. The highest BCUT2D eigenvalue weighted by atomic mass is 32.1. The number of nitrogens with zero attached hydrogens (tertiary/aromatic N) is 3. The number of thiazole rings is 1. The van der Waals surface area contributed by atoms with Gasteiger partial charge in [0.1, 0.15) is 0 Å². The average Bonchev–Trinajstić information content (AvgIpc) is 2.85. The molecule has 2 heterocycles. The molecule has 2 aromatic heterocycles. The quantitative estimate of drug-likeness (QED) is 0.900. The summed E-state index contributed by atoms with van der Waals surface area (Å²) in [5, 5.41) is 8.42. The van der Waals surface area contributed by atoms with Crippen LogP contribution in [0, 0.1) is 20.8 Å². The van der Waals surface area contributed by atoms with Crippen LogP contribution in [0.3, 0.4) is 0 Å². The third-order valence-corrected chi connectivity index (χ3v) is 3.62. The van der Waals surface area contributed by atoms with Crippen molar-refractivity contribution in [3.8, 4) is 0 Å². The first-order chi connectivity index (χ1) is 8.56. The maximum Gasteiger partial charge on any atom is 0.223 e. The summed E-state index contributed by atoms with van der Waals surface area (Å²) in [6.07, 6.45) is 0.768. The second-order valence-corrected chi connectivity index (χ2v) is 5.74. The summed E-state index contributed by atoms with van der Waals surface area (Å²) in [5.41, 5.74) is 1.14. The molecule has 2 aromatic rings. The minimum absolute atomic E-state index is 0.253. The maximum absolute atomic E-state index is 4.93. The van der Waals surface area contributed by atoms with E-state index in [0.29, 0.717) is 5.89 Å². The zero-order valence-corrected chi connectivity index (χ0v) is 12.0. The molecule has 98 valence electrons. The minimum Gasteiger partial charge on any atom is -0.340 e. The monoisotopic (exact) mass is 266 g/mol. The van der Waals surface area contributed by atoms with Crippen LogP contribution in [0.5, 0.6) is 0 Å². The normalized spacial score (nSPS) is 12.9. The van der Waals surface area contributed by atoms with Crippen molar-refractivity contribution in [1.29, 1.82) is 0 Å². The van der Waals surface area contributed by atoms with Crippen LogP contribution in [0.1, 0.15) is 40.3 Å². The second kappa shape index (κ2) is 5.58. The molecule has 0 fully saturated rings. The van der Waals surface area contributed by atoms with Crippen molar-refractivity contribution < 1.29 is 4.52 Å². The van der Waals surface area contributed by atoms with E-state index in [-0.39, 0.29) is 6.04 Å². The number of aromatic nitrogens is 3. The Kier molecular flexibility index (Phi) is 4.08. The fourth-order valence-corrected chi connectivity index (χ4v) is 2.80. The Labute approximate surface area is 111 Å². The second-order valence-electron chi connectivity index (χ2n) is 4.33. The molecular weight excluding hydrogens is 248 g/mol. The lowest BCUT2D eigenvalue weighted by Crippen LogP contribution is -2.22. The lowest BCUT2D eigenvalue weighted by atomic mass is 10.2. The SMILES string of the molecule is Cc1nc(CCNC(C)c2nc(C)sc2C)no1. The van der Waals surface area contributed by atoms with Gasteiger partial charge in [-0.05, 0) is 20.8 Å². The van der Waals surface area contributed by atoms with E-state index in [4.69, 9.17) is 4.52 Å². The minimum atomic E-state index is 0.253. The van der Waals surface area contributed by atoms with Crippen LogP contribution < -0.4 is 5.32 Å². The standard InChI is InChI=1S/C12H18N4OS/c1-7(12-8(2)18-10(4)15-12)13-6-5-11-14-9(3)17-16-11/h7,13H,5-6H2,1-4H3. The van der Waals surface area contributed by atoms with Gasteiger partial charge in [0.05, 0.1) is 10.7 Å². The van der Waals surface area contributed by atoms with Gasteiger partial charge in [0.15, 0.2) is 5.82 Å². The Bertz CT molecular complexity index is 520. The van der Waals surface area contributed by atoms with Gasteiger partial charge in [-0.15, -0.1) is 11.3 Å². The van der Waals surface area contributed by atoms with Crippen molar-refractivity contribution in [3.05, 3.63) is 27.3 Å². The van der Waals surface area contributed by atoms with Crippen molar-refractivity contribution >= 4 is 11.3 Å². The van der Waals surface area contributed by atoms with E-state index < -0.39 is 0 Å². The summed E-state index contributed by atoms with van der Waals surface area (Å²) in [6.45, 7) is 8.89. The van der Waals surface area contributed by atoms with E-state index in [1.165, 1.54) is 4.88 Å². The average molecular weight is 266 g/mol. The van der Waals surface area contributed by atoms with E-state index in [1.807, 2.05) is 6.92 Å². The summed E-state index contributed by atoms with van der Waals surface area (Å²) in [6, 6.07) is 0.253. The van der Waals surface area contributed by atoms with E-state index >= 15 is 0 Å². The molecule has 1 atom stereocenters. The number of rotatable bonds is 5. The molecule has 0 aliphatic rings. The Morgan fingerprint density at radius 3 is 2.61 bits per heavy atom. The van der Waals surface area contributed by atoms with Crippen LogP contribution in [0.2, 0.25) is 0 Å². The van der Waals surface area contributed by atoms with Crippen LogP contribution in [-0.4, -0.2) is 21.7 Å². The van der Waals surface area contributed by atoms with Crippen molar-refractivity contribution in [3.63, 3.8) is 0 Å². The van der Waals surface area contributed by atoms with Gasteiger partial charge >= 0.3 is 0 Å². The van der Waals surface area contributed by atoms with Gasteiger partial charge in [0.25, 0.3) is 0 Å². The first-order valence-electron chi connectivity index (χ1n) is 6.02. The highest BCUT2D eigenvalue weighted by Crippen LogP contribution is 2.22. The smallest absolute Gasteiger partial charge is 0.223 e. The fraction of sp³-hybridized carbons (Fsp3) is 0.583. The van der Waals surface area contributed by atoms with Gasteiger partial charge in [-0.3, -0.25) is 0 Å². The molecule has 0 saturated heterocycles. The number of aryl methyl sites for hydroxylation is 3. The molecule has 1 N–H and O–H groups in total. The molecule has 18 heavy (non-hydrogen) atoms. The van der Waals surface area contributed by atoms with Gasteiger partial charge in [-0.2, -0.15) is 4.98 Å². The molecule has 2 rings (SSSR count). The Morgan fingerprint density at radius 1 is 1.28 bits per heavy atom. The Balaban J connectivity index is 1.85. The first-order valence-corrected chi connectivity index (χ1v) is 6.84. The van der Waals surface area contributed by atoms with Crippen LogP contribution in [-0.2, 0) is 6.42 Å². The molecule has 0 spiro atoms. The van der Waals surface area contributed by atoms with Gasteiger partial charge in [-0.1, -0.05) is 5.16 Å².